The first kappa shape index (κ1) is 17.0. The van der Waals surface area contributed by atoms with E-state index in [0.717, 1.165) is 4.70 Å². The predicted molar refractivity (Wildman–Crippen MR) is 98.3 cm³/mol. The van der Waals surface area contributed by atoms with Crippen molar-refractivity contribution in [1.29, 1.82) is 0 Å². The second-order valence-corrected chi connectivity index (χ2v) is 6.14. The summed E-state index contributed by atoms with van der Waals surface area (Å²) >= 11 is 1.36. The van der Waals surface area contributed by atoms with E-state index < -0.39 is 0 Å². The van der Waals surface area contributed by atoms with Gasteiger partial charge in [-0.3, -0.25) is 10.1 Å². The number of hydrogen-bond donors (Lipinski definition) is 1. The van der Waals surface area contributed by atoms with Gasteiger partial charge in [-0.2, -0.15) is 0 Å². The molecule has 2 aromatic carbocycles. The molecule has 1 N–H and O–H groups in total. The number of aromatic nitrogens is 1. The molecule has 0 aliphatic heterocycles. The Hall–Kier alpha value is -2.80. The number of ether oxygens (including phenoxy) is 3. The highest BCUT2D eigenvalue weighted by Gasteiger charge is 2.14. The maximum atomic E-state index is 12.5. The van der Waals surface area contributed by atoms with Crippen LogP contribution in [0.2, 0.25) is 0 Å². The molecule has 0 saturated carbocycles. The first-order valence-electron chi connectivity index (χ1n) is 7.71. The zero-order valence-electron chi connectivity index (χ0n) is 14.2. The first-order valence-corrected chi connectivity index (χ1v) is 8.53. The second kappa shape index (κ2) is 7.40. The highest BCUT2D eigenvalue weighted by atomic mass is 32.1. The van der Waals surface area contributed by atoms with Gasteiger partial charge in [0.2, 0.25) is 0 Å². The number of hydrogen-bond acceptors (Lipinski definition) is 6. The van der Waals surface area contributed by atoms with E-state index in [1.54, 1.807) is 38.5 Å². The Morgan fingerprint density at radius 1 is 1.16 bits per heavy atom. The van der Waals surface area contributed by atoms with Gasteiger partial charge in [-0.05, 0) is 31.2 Å². The van der Waals surface area contributed by atoms with Crippen LogP contribution in [0.15, 0.2) is 36.4 Å². The summed E-state index contributed by atoms with van der Waals surface area (Å²) in [6.07, 6.45) is 0. The summed E-state index contributed by atoms with van der Waals surface area (Å²) in [4.78, 5) is 16.9. The lowest BCUT2D eigenvalue weighted by Crippen LogP contribution is -2.11. The van der Waals surface area contributed by atoms with Gasteiger partial charge in [-0.1, -0.05) is 17.4 Å². The Morgan fingerprint density at radius 3 is 2.72 bits per heavy atom. The van der Waals surface area contributed by atoms with E-state index in [0.29, 0.717) is 40.1 Å². The fourth-order valence-corrected chi connectivity index (χ4v) is 3.27. The molecule has 0 radical (unpaired) electrons. The molecule has 0 aliphatic carbocycles. The molecule has 0 saturated heterocycles. The van der Waals surface area contributed by atoms with E-state index in [4.69, 9.17) is 14.2 Å². The summed E-state index contributed by atoms with van der Waals surface area (Å²) in [6, 6.07) is 10.7. The number of amides is 1. The summed E-state index contributed by atoms with van der Waals surface area (Å²) in [5, 5.41) is 3.32. The summed E-state index contributed by atoms with van der Waals surface area (Å²) in [5.41, 5.74) is 1.20. The third kappa shape index (κ3) is 3.66. The van der Waals surface area contributed by atoms with Crippen molar-refractivity contribution in [2.75, 3.05) is 26.1 Å². The van der Waals surface area contributed by atoms with Crippen molar-refractivity contribution in [3.8, 4) is 17.2 Å². The van der Waals surface area contributed by atoms with Crippen molar-refractivity contribution in [2.45, 2.75) is 6.92 Å². The van der Waals surface area contributed by atoms with E-state index in [2.05, 4.69) is 10.3 Å². The van der Waals surface area contributed by atoms with Gasteiger partial charge in [0.15, 0.2) is 5.13 Å². The molecular formula is C18H18N2O4S. The van der Waals surface area contributed by atoms with Gasteiger partial charge in [-0.15, -0.1) is 0 Å². The van der Waals surface area contributed by atoms with E-state index in [-0.39, 0.29) is 5.91 Å². The van der Waals surface area contributed by atoms with Crippen LogP contribution in [0.5, 0.6) is 17.2 Å². The van der Waals surface area contributed by atoms with E-state index in [1.165, 1.54) is 11.3 Å². The molecule has 25 heavy (non-hydrogen) atoms. The SMILES string of the molecule is CCOc1cccc(C(=O)Nc2nc3c(OC)cc(OC)cc3s2)c1. The Kier molecular flexibility index (Phi) is 5.04. The van der Waals surface area contributed by atoms with Crippen LogP contribution in [0.25, 0.3) is 10.2 Å². The quantitative estimate of drug-likeness (QED) is 0.722. The van der Waals surface area contributed by atoms with Crippen LogP contribution < -0.4 is 19.5 Å². The predicted octanol–water partition coefficient (Wildman–Crippen LogP) is 3.96. The lowest BCUT2D eigenvalue weighted by molar-refractivity contribution is 0.102. The molecule has 0 spiro atoms. The monoisotopic (exact) mass is 358 g/mol. The standard InChI is InChI=1S/C18H18N2O4S/c1-4-24-12-7-5-6-11(8-12)17(21)20-18-19-16-14(23-3)9-13(22-2)10-15(16)25-18/h5-10H,4H2,1-3H3,(H,19,20,21). The Bertz CT molecular complexity index is 907. The van der Waals surface area contributed by atoms with Gasteiger partial charge in [0, 0.05) is 11.6 Å². The highest BCUT2D eigenvalue weighted by molar-refractivity contribution is 7.22. The van der Waals surface area contributed by atoms with E-state index in [9.17, 15) is 4.79 Å². The Morgan fingerprint density at radius 2 is 2.00 bits per heavy atom. The average molecular weight is 358 g/mol. The van der Waals surface area contributed by atoms with Crippen LogP contribution in [0.4, 0.5) is 5.13 Å². The van der Waals surface area contributed by atoms with Crippen molar-refractivity contribution in [3.05, 3.63) is 42.0 Å². The number of carbonyl (C=O) groups is 1. The molecule has 0 aliphatic rings. The molecule has 6 nitrogen and oxygen atoms in total. The van der Waals surface area contributed by atoms with Crippen LogP contribution in [0.1, 0.15) is 17.3 Å². The van der Waals surface area contributed by atoms with Crippen LogP contribution in [0, 0.1) is 0 Å². The molecule has 3 rings (SSSR count). The Labute approximate surface area is 149 Å². The minimum Gasteiger partial charge on any atom is -0.497 e. The van der Waals surface area contributed by atoms with Crippen molar-refractivity contribution in [3.63, 3.8) is 0 Å². The summed E-state index contributed by atoms with van der Waals surface area (Å²) in [6.45, 7) is 2.44. The normalized spacial score (nSPS) is 10.5. The van der Waals surface area contributed by atoms with Crippen molar-refractivity contribution >= 4 is 32.6 Å². The summed E-state index contributed by atoms with van der Waals surface area (Å²) in [5.74, 6) is 1.69. The van der Waals surface area contributed by atoms with Gasteiger partial charge < -0.3 is 14.2 Å². The smallest absolute Gasteiger partial charge is 0.257 e. The number of carbonyl (C=O) groups excluding carboxylic acids is 1. The number of rotatable bonds is 6. The van der Waals surface area contributed by atoms with Crippen molar-refractivity contribution in [1.82, 2.24) is 4.98 Å². The summed E-state index contributed by atoms with van der Waals surface area (Å²) < 4.78 is 16.9. The molecule has 130 valence electrons. The van der Waals surface area contributed by atoms with Crippen LogP contribution in [0.3, 0.4) is 0 Å². The van der Waals surface area contributed by atoms with Gasteiger partial charge in [0.25, 0.3) is 5.91 Å². The third-order valence-corrected chi connectivity index (χ3v) is 4.43. The van der Waals surface area contributed by atoms with Crippen LogP contribution >= 0.6 is 11.3 Å². The maximum absolute atomic E-state index is 12.5. The number of nitrogens with zero attached hydrogens (tertiary/aromatic N) is 1. The lowest BCUT2D eigenvalue weighted by Gasteiger charge is -2.05. The fraction of sp³-hybridized carbons (Fsp3) is 0.222. The molecule has 1 amide bonds. The molecular weight excluding hydrogens is 340 g/mol. The van der Waals surface area contributed by atoms with E-state index >= 15 is 0 Å². The highest BCUT2D eigenvalue weighted by Crippen LogP contribution is 2.36. The maximum Gasteiger partial charge on any atom is 0.257 e. The van der Waals surface area contributed by atoms with E-state index in [1.807, 2.05) is 19.1 Å². The fourth-order valence-electron chi connectivity index (χ4n) is 2.36. The molecule has 7 heteroatoms. The average Bonchev–Trinajstić information content (AvgIpc) is 3.03. The van der Waals surface area contributed by atoms with Crippen molar-refractivity contribution in [2.24, 2.45) is 0 Å². The van der Waals surface area contributed by atoms with Crippen LogP contribution in [-0.2, 0) is 0 Å². The number of benzene rings is 2. The lowest BCUT2D eigenvalue weighted by atomic mass is 10.2. The van der Waals surface area contributed by atoms with Gasteiger partial charge in [0.05, 0.1) is 25.5 Å². The summed E-state index contributed by atoms with van der Waals surface area (Å²) in [7, 11) is 3.17. The molecule has 0 unspecified atom stereocenters. The Balaban J connectivity index is 1.87. The molecule has 0 atom stereocenters. The molecule has 1 heterocycles. The van der Waals surface area contributed by atoms with Gasteiger partial charge >= 0.3 is 0 Å². The number of nitrogens with one attached hydrogen (secondary N) is 1. The first-order chi connectivity index (χ1) is 12.1. The molecule has 1 aromatic heterocycles. The zero-order chi connectivity index (χ0) is 17.8. The molecule has 3 aromatic rings. The van der Waals surface area contributed by atoms with Gasteiger partial charge in [0.1, 0.15) is 22.8 Å². The van der Waals surface area contributed by atoms with Crippen LogP contribution in [-0.4, -0.2) is 31.7 Å². The molecule has 0 bridgehead atoms. The number of thiazole rings is 1. The second-order valence-electron chi connectivity index (χ2n) is 5.11. The number of anilines is 1. The molecule has 0 fully saturated rings. The van der Waals surface area contributed by atoms with Crippen molar-refractivity contribution < 1.29 is 19.0 Å². The minimum atomic E-state index is -0.244. The minimum absolute atomic E-state index is 0.244. The third-order valence-electron chi connectivity index (χ3n) is 3.52. The number of methoxy groups -OCH3 is 2. The number of fused-ring (bicyclic) bond motifs is 1. The zero-order valence-corrected chi connectivity index (χ0v) is 15.0. The van der Waals surface area contributed by atoms with Gasteiger partial charge in [-0.25, -0.2) is 4.98 Å². The largest absolute Gasteiger partial charge is 0.497 e. The topological polar surface area (TPSA) is 69.7 Å².